The van der Waals surface area contributed by atoms with Gasteiger partial charge in [-0.25, -0.2) is 4.79 Å². The number of methoxy groups -OCH3 is 1. The van der Waals surface area contributed by atoms with Crippen LogP contribution in [0.25, 0.3) is 0 Å². The molecule has 0 aliphatic heterocycles. The lowest BCUT2D eigenvalue weighted by atomic mass is 10.1. The number of nitrogens with one attached hydrogen (secondary N) is 1. The molecule has 1 atom stereocenters. The maximum Gasteiger partial charge on any atom is 0.340 e. The van der Waals surface area contributed by atoms with Gasteiger partial charge in [0.15, 0.2) is 0 Å². The molecule has 1 aromatic carbocycles. The number of anilines is 1. The minimum Gasteiger partial charge on any atom is -0.480 e. The zero-order chi connectivity index (χ0) is 13.0. The largest absolute Gasteiger partial charge is 0.480 e. The van der Waals surface area contributed by atoms with Crippen LogP contribution < -0.4 is 5.32 Å². The van der Waals surface area contributed by atoms with Gasteiger partial charge >= 0.3 is 11.9 Å². The van der Waals surface area contributed by atoms with E-state index >= 15 is 0 Å². The van der Waals surface area contributed by atoms with Gasteiger partial charge in [-0.05, 0) is 25.1 Å². The molecule has 92 valence electrons. The van der Waals surface area contributed by atoms with Gasteiger partial charge < -0.3 is 15.2 Å². The van der Waals surface area contributed by atoms with E-state index in [0.717, 1.165) is 0 Å². The predicted octanol–water partition coefficient (Wildman–Crippen LogP) is 2.01. The molecule has 0 saturated heterocycles. The lowest BCUT2D eigenvalue weighted by Gasteiger charge is -2.14. The van der Waals surface area contributed by atoms with Crippen LogP contribution in [0.15, 0.2) is 18.2 Å². The molecule has 0 heterocycles. The van der Waals surface area contributed by atoms with Gasteiger partial charge in [-0.15, -0.1) is 0 Å². The molecular formula is C11H12ClNO4. The van der Waals surface area contributed by atoms with E-state index in [-0.39, 0.29) is 5.56 Å². The zero-order valence-electron chi connectivity index (χ0n) is 9.36. The van der Waals surface area contributed by atoms with Crippen molar-refractivity contribution in [2.45, 2.75) is 13.0 Å². The summed E-state index contributed by atoms with van der Waals surface area (Å²) in [7, 11) is 1.24. The van der Waals surface area contributed by atoms with Gasteiger partial charge in [0.2, 0.25) is 0 Å². The third kappa shape index (κ3) is 3.35. The highest BCUT2D eigenvalue weighted by Gasteiger charge is 2.16. The van der Waals surface area contributed by atoms with E-state index in [0.29, 0.717) is 10.7 Å². The summed E-state index contributed by atoms with van der Waals surface area (Å²) in [6.45, 7) is 1.47. The average molecular weight is 258 g/mol. The van der Waals surface area contributed by atoms with Crippen LogP contribution in [0.4, 0.5) is 5.69 Å². The number of hydrogen-bond acceptors (Lipinski definition) is 4. The van der Waals surface area contributed by atoms with Crippen molar-refractivity contribution < 1.29 is 19.4 Å². The second-order valence-electron chi connectivity index (χ2n) is 3.39. The number of benzene rings is 1. The molecule has 6 heteroatoms. The van der Waals surface area contributed by atoms with Crippen molar-refractivity contribution in [3.63, 3.8) is 0 Å². The lowest BCUT2D eigenvalue weighted by molar-refractivity contribution is -0.137. The van der Waals surface area contributed by atoms with Gasteiger partial charge in [0.1, 0.15) is 6.04 Å². The van der Waals surface area contributed by atoms with E-state index < -0.39 is 18.0 Å². The topological polar surface area (TPSA) is 75.6 Å². The maximum absolute atomic E-state index is 11.5. The molecule has 0 radical (unpaired) electrons. The molecular weight excluding hydrogens is 246 g/mol. The maximum atomic E-state index is 11.5. The lowest BCUT2D eigenvalue weighted by Crippen LogP contribution is -2.26. The number of esters is 1. The molecule has 0 spiro atoms. The van der Waals surface area contributed by atoms with Crippen LogP contribution in [-0.4, -0.2) is 30.2 Å². The smallest absolute Gasteiger partial charge is 0.340 e. The summed E-state index contributed by atoms with van der Waals surface area (Å²) in [5.41, 5.74) is 0.573. The summed E-state index contributed by atoms with van der Waals surface area (Å²) in [5.74, 6) is -1.59. The molecule has 5 nitrogen and oxygen atoms in total. The fraction of sp³-hybridized carbons (Fsp3) is 0.273. The Morgan fingerprint density at radius 1 is 1.47 bits per heavy atom. The number of carbonyl (C=O) groups is 2. The number of carbonyl (C=O) groups excluding carboxylic acids is 1. The van der Waals surface area contributed by atoms with Crippen LogP contribution in [0.1, 0.15) is 17.3 Å². The summed E-state index contributed by atoms with van der Waals surface area (Å²) in [5, 5.41) is 11.8. The van der Waals surface area contributed by atoms with Crippen molar-refractivity contribution in [2.75, 3.05) is 12.4 Å². The fourth-order valence-electron chi connectivity index (χ4n) is 1.22. The molecule has 1 aromatic rings. The summed E-state index contributed by atoms with van der Waals surface area (Å²) in [6, 6.07) is 3.70. The van der Waals surface area contributed by atoms with Crippen molar-refractivity contribution in [1.82, 2.24) is 0 Å². The Morgan fingerprint density at radius 3 is 2.65 bits per heavy atom. The average Bonchev–Trinajstić information content (AvgIpc) is 2.30. The Kier molecular flexibility index (Phi) is 4.34. The number of hydrogen-bond donors (Lipinski definition) is 2. The molecule has 0 saturated carbocycles. The normalized spacial score (nSPS) is 11.7. The van der Waals surface area contributed by atoms with Crippen molar-refractivity contribution in [1.29, 1.82) is 0 Å². The second-order valence-corrected chi connectivity index (χ2v) is 3.82. The number of carboxylic acid groups (broad SMARTS) is 1. The minimum absolute atomic E-state index is 0.202. The minimum atomic E-state index is -1.02. The van der Waals surface area contributed by atoms with Gasteiger partial charge in [-0.3, -0.25) is 4.79 Å². The first-order chi connectivity index (χ1) is 7.95. The van der Waals surface area contributed by atoms with Crippen LogP contribution in [0.3, 0.4) is 0 Å². The van der Waals surface area contributed by atoms with Crippen LogP contribution >= 0.6 is 11.6 Å². The number of ether oxygens (including phenoxy) is 1. The van der Waals surface area contributed by atoms with Crippen molar-refractivity contribution in [3.05, 3.63) is 28.8 Å². The molecule has 0 amide bonds. The van der Waals surface area contributed by atoms with E-state index in [1.807, 2.05) is 0 Å². The first-order valence-corrected chi connectivity index (χ1v) is 5.20. The first-order valence-electron chi connectivity index (χ1n) is 4.83. The summed E-state index contributed by atoms with van der Waals surface area (Å²) < 4.78 is 4.59. The van der Waals surface area contributed by atoms with E-state index in [1.54, 1.807) is 6.07 Å². The Hall–Kier alpha value is -1.75. The number of rotatable bonds is 4. The van der Waals surface area contributed by atoms with Crippen LogP contribution in [0.2, 0.25) is 5.02 Å². The number of aliphatic carboxylic acids is 1. The monoisotopic (exact) mass is 257 g/mol. The third-order valence-electron chi connectivity index (χ3n) is 2.13. The van der Waals surface area contributed by atoms with Gasteiger partial charge in [-0.2, -0.15) is 0 Å². The van der Waals surface area contributed by atoms with Crippen molar-refractivity contribution >= 4 is 29.2 Å². The highest BCUT2D eigenvalue weighted by Crippen LogP contribution is 2.22. The summed E-state index contributed by atoms with van der Waals surface area (Å²) >= 11 is 5.77. The van der Waals surface area contributed by atoms with Crippen LogP contribution in [0, 0.1) is 0 Å². The van der Waals surface area contributed by atoms with Gasteiger partial charge in [0, 0.05) is 10.7 Å². The van der Waals surface area contributed by atoms with Gasteiger partial charge in [0.25, 0.3) is 0 Å². The Morgan fingerprint density at radius 2 is 2.12 bits per heavy atom. The molecule has 0 aromatic heterocycles. The molecule has 0 fully saturated rings. The van der Waals surface area contributed by atoms with Crippen molar-refractivity contribution in [3.8, 4) is 0 Å². The van der Waals surface area contributed by atoms with Gasteiger partial charge in [0.05, 0.1) is 12.7 Å². The molecule has 0 bridgehead atoms. The number of halogens is 1. The summed E-state index contributed by atoms with van der Waals surface area (Å²) in [6.07, 6.45) is 0. The zero-order valence-corrected chi connectivity index (χ0v) is 10.1. The van der Waals surface area contributed by atoms with E-state index in [2.05, 4.69) is 10.1 Å². The third-order valence-corrected chi connectivity index (χ3v) is 2.36. The molecule has 0 aliphatic rings. The van der Waals surface area contributed by atoms with Crippen LogP contribution in [0.5, 0.6) is 0 Å². The predicted molar refractivity (Wildman–Crippen MR) is 63.5 cm³/mol. The SMILES string of the molecule is COC(=O)c1cc(Cl)ccc1NC(C)C(=O)O. The fourth-order valence-corrected chi connectivity index (χ4v) is 1.39. The van der Waals surface area contributed by atoms with E-state index in [4.69, 9.17) is 16.7 Å². The molecule has 1 unspecified atom stereocenters. The number of carboxylic acids is 1. The molecule has 0 aliphatic carbocycles. The Bertz CT molecular complexity index is 447. The Labute approximate surface area is 103 Å². The van der Waals surface area contributed by atoms with Crippen molar-refractivity contribution in [2.24, 2.45) is 0 Å². The standard InChI is InChI=1S/C11H12ClNO4/c1-6(10(14)15)13-9-4-3-7(12)5-8(9)11(16)17-2/h3-6,13H,1-2H3,(H,14,15). The highest BCUT2D eigenvalue weighted by molar-refractivity contribution is 6.31. The summed E-state index contributed by atoms with van der Waals surface area (Å²) in [4.78, 5) is 22.2. The molecule has 1 rings (SSSR count). The highest BCUT2D eigenvalue weighted by atomic mass is 35.5. The first kappa shape index (κ1) is 13.3. The van der Waals surface area contributed by atoms with E-state index in [1.165, 1.54) is 26.2 Å². The van der Waals surface area contributed by atoms with Gasteiger partial charge in [-0.1, -0.05) is 11.6 Å². The Balaban J connectivity index is 3.06. The molecule has 17 heavy (non-hydrogen) atoms. The second kappa shape index (κ2) is 5.54. The van der Waals surface area contributed by atoms with Crippen LogP contribution in [-0.2, 0) is 9.53 Å². The quantitative estimate of drug-likeness (QED) is 0.807. The van der Waals surface area contributed by atoms with E-state index in [9.17, 15) is 9.59 Å². The molecule has 2 N–H and O–H groups in total.